The second-order valence-corrected chi connectivity index (χ2v) is 12.1. The van der Waals surface area contributed by atoms with Crippen LogP contribution in [0.15, 0.2) is 53.5 Å². The Morgan fingerprint density at radius 1 is 1.10 bits per heavy atom. The van der Waals surface area contributed by atoms with Crippen LogP contribution >= 0.6 is 11.3 Å². The van der Waals surface area contributed by atoms with Gasteiger partial charge in [0.05, 0.1) is 27.1 Å². The number of fused-ring (bicyclic) bond motifs is 1. The molecule has 1 atom stereocenters. The summed E-state index contributed by atoms with van der Waals surface area (Å²) in [6.45, 7) is 5.10. The van der Waals surface area contributed by atoms with Gasteiger partial charge in [0.25, 0.3) is 11.5 Å². The first kappa shape index (κ1) is 27.9. The maximum Gasteiger partial charge on any atom is 0.264 e. The molecule has 5 rings (SSSR count). The van der Waals surface area contributed by atoms with Gasteiger partial charge in [-0.2, -0.15) is 0 Å². The Morgan fingerprint density at radius 2 is 1.82 bits per heavy atom. The van der Waals surface area contributed by atoms with Crippen molar-refractivity contribution in [2.45, 2.75) is 44.9 Å². The molecule has 1 aliphatic heterocycles. The zero-order chi connectivity index (χ0) is 29.0. The van der Waals surface area contributed by atoms with E-state index in [1.165, 1.54) is 28.5 Å². The number of hydrogen-bond acceptors (Lipinski definition) is 5. The average molecular weight is 571 g/mol. The van der Waals surface area contributed by atoms with Gasteiger partial charge in [-0.3, -0.25) is 9.59 Å². The number of thiophene rings is 1. The number of nitrogens with zero attached hydrogens (tertiary/aromatic N) is 2. The lowest BCUT2D eigenvalue weighted by atomic mass is 9.93. The van der Waals surface area contributed by atoms with Crippen LogP contribution in [0.4, 0.5) is 13.2 Å². The lowest BCUT2D eigenvalue weighted by molar-refractivity contribution is 0.0421. The van der Waals surface area contributed by atoms with Crippen LogP contribution in [0.1, 0.15) is 48.8 Å². The molecule has 4 aromatic rings. The van der Waals surface area contributed by atoms with E-state index < -0.39 is 22.9 Å². The van der Waals surface area contributed by atoms with Gasteiger partial charge in [0.15, 0.2) is 11.6 Å². The first-order valence-corrected chi connectivity index (χ1v) is 13.7. The zero-order valence-corrected chi connectivity index (χ0v) is 23.4. The summed E-state index contributed by atoms with van der Waals surface area (Å²) in [4.78, 5) is 28.3. The number of rotatable bonds is 5. The minimum Gasteiger partial charge on any atom is -0.454 e. The summed E-state index contributed by atoms with van der Waals surface area (Å²) < 4.78 is 50.5. The van der Waals surface area contributed by atoms with E-state index in [2.05, 4.69) is 0 Å². The van der Waals surface area contributed by atoms with Crippen LogP contribution in [0.2, 0.25) is 0 Å². The van der Waals surface area contributed by atoms with Gasteiger partial charge in [0, 0.05) is 37.0 Å². The Bertz CT molecular complexity index is 1690. The zero-order valence-electron chi connectivity index (χ0n) is 22.6. The van der Waals surface area contributed by atoms with Crippen molar-refractivity contribution in [3.05, 3.63) is 81.1 Å². The number of aromatic nitrogens is 1. The molecule has 0 saturated carbocycles. The number of pyridine rings is 1. The van der Waals surface area contributed by atoms with Gasteiger partial charge in [0.2, 0.25) is 0 Å². The Hall–Kier alpha value is -3.63. The second kappa shape index (κ2) is 10.1. The van der Waals surface area contributed by atoms with Crippen molar-refractivity contribution >= 4 is 27.3 Å². The summed E-state index contributed by atoms with van der Waals surface area (Å²) in [5.41, 5.74) is -1.57. The normalized spacial score (nSPS) is 17.9. The van der Waals surface area contributed by atoms with Crippen molar-refractivity contribution < 1.29 is 27.8 Å². The van der Waals surface area contributed by atoms with E-state index in [1.54, 1.807) is 45.3 Å². The van der Waals surface area contributed by atoms with Crippen molar-refractivity contribution in [1.29, 1.82) is 0 Å². The molecule has 6 nitrogen and oxygen atoms in total. The molecule has 2 aromatic heterocycles. The SMILES string of the molecule is Cn1cc(-c2cc(C(C)(C)O)ccc2Oc2ccc(F)cc2F)c2sc(C(=O)N3CCCC(C)(F)C3)cc2c1=O. The topological polar surface area (TPSA) is 71.8 Å². The van der Waals surface area contributed by atoms with Gasteiger partial charge in [0.1, 0.15) is 17.2 Å². The summed E-state index contributed by atoms with van der Waals surface area (Å²) in [5, 5.41) is 11.0. The van der Waals surface area contributed by atoms with E-state index in [1.807, 2.05) is 0 Å². The summed E-state index contributed by atoms with van der Waals surface area (Å²) in [7, 11) is 1.57. The average Bonchev–Trinajstić information content (AvgIpc) is 3.32. The highest BCUT2D eigenvalue weighted by atomic mass is 32.1. The van der Waals surface area contributed by atoms with Gasteiger partial charge in [-0.15, -0.1) is 11.3 Å². The Labute approximate surface area is 233 Å². The van der Waals surface area contributed by atoms with E-state index in [4.69, 9.17) is 4.74 Å². The highest BCUT2D eigenvalue weighted by Crippen LogP contribution is 2.42. The molecule has 0 aliphatic carbocycles. The summed E-state index contributed by atoms with van der Waals surface area (Å²) in [6.07, 6.45) is 2.51. The number of ether oxygens (including phenoxy) is 1. The van der Waals surface area contributed by atoms with Crippen LogP contribution in [0.3, 0.4) is 0 Å². The third-order valence-corrected chi connectivity index (χ3v) is 8.24. The van der Waals surface area contributed by atoms with E-state index in [0.717, 1.165) is 17.4 Å². The molecule has 1 aliphatic rings. The molecule has 0 spiro atoms. The highest BCUT2D eigenvalue weighted by Gasteiger charge is 2.34. The number of piperidine rings is 1. The maximum atomic E-state index is 14.7. The second-order valence-electron chi connectivity index (χ2n) is 11.0. The van der Waals surface area contributed by atoms with Gasteiger partial charge in [-0.05, 0) is 69.5 Å². The summed E-state index contributed by atoms with van der Waals surface area (Å²) in [6, 6.07) is 9.37. The molecule has 1 amide bonds. The fourth-order valence-electron chi connectivity index (χ4n) is 4.96. The van der Waals surface area contributed by atoms with Gasteiger partial charge >= 0.3 is 0 Å². The van der Waals surface area contributed by atoms with Crippen LogP contribution in [0, 0.1) is 11.6 Å². The number of aliphatic hydroxyl groups is 1. The van der Waals surface area contributed by atoms with Crippen molar-refractivity contribution in [3.8, 4) is 22.6 Å². The molecule has 1 fully saturated rings. The van der Waals surface area contributed by atoms with Crippen molar-refractivity contribution in [2.24, 2.45) is 7.05 Å². The van der Waals surface area contributed by atoms with Crippen LogP contribution in [-0.2, 0) is 12.6 Å². The van der Waals surface area contributed by atoms with E-state index in [9.17, 15) is 27.9 Å². The molecule has 0 radical (unpaired) electrons. The first-order chi connectivity index (χ1) is 18.7. The maximum absolute atomic E-state index is 14.7. The summed E-state index contributed by atoms with van der Waals surface area (Å²) >= 11 is 1.11. The smallest absolute Gasteiger partial charge is 0.264 e. The number of benzene rings is 2. The largest absolute Gasteiger partial charge is 0.454 e. The van der Waals surface area contributed by atoms with Crippen molar-refractivity contribution in [1.82, 2.24) is 9.47 Å². The van der Waals surface area contributed by atoms with Crippen LogP contribution < -0.4 is 10.3 Å². The molecule has 0 bridgehead atoms. The number of carbonyl (C=O) groups is 1. The predicted octanol–water partition coefficient (Wildman–Crippen LogP) is 6.53. The van der Waals surface area contributed by atoms with Gasteiger partial charge < -0.3 is 19.3 Å². The number of hydrogen-bond donors (Lipinski definition) is 1. The number of amides is 1. The fraction of sp³-hybridized carbons (Fsp3) is 0.333. The van der Waals surface area contributed by atoms with Crippen LogP contribution in [0.25, 0.3) is 21.2 Å². The Morgan fingerprint density at radius 3 is 2.50 bits per heavy atom. The van der Waals surface area contributed by atoms with Gasteiger partial charge in [-0.1, -0.05) is 6.07 Å². The molecular formula is C30H29F3N2O4S. The van der Waals surface area contributed by atoms with Crippen molar-refractivity contribution in [2.75, 3.05) is 13.1 Å². The van der Waals surface area contributed by atoms with Crippen molar-refractivity contribution in [3.63, 3.8) is 0 Å². The van der Waals surface area contributed by atoms with Crippen LogP contribution in [0.5, 0.6) is 11.5 Å². The standard InChI is InChI=1S/C30H29F3N2O4S/c1-29(2,38)17-6-8-23(39-24-9-7-18(31)13-22(24)32)19(12-17)21-15-34(4)27(36)20-14-25(40-26(20)21)28(37)35-11-5-10-30(3,33)16-35/h6-9,12-15,38H,5,10-11,16H2,1-4H3. The summed E-state index contributed by atoms with van der Waals surface area (Å²) in [5.74, 6) is -2.01. The van der Waals surface area contributed by atoms with Crippen LogP contribution in [-0.4, -0.2) is 39.2 Å². The third-order valence-electron chi connectivity index (χ3n) is 7.08. The quantitative estimate of drug-likeness (QED) is 0.296. The Kier molecular flexibility index (Phi) is 7.04. The number of aryl methyl sites for hydroxylation is 1. The number of alkyl halides is 1. The minimum absolute atomic E-state index is 0.0280. The number of likely N-dealkylation sites (tertiary alicyclic amines) is 1. The minimum atomic E-state index is -1.48. The Balaban J connectivity index is 1.68. The van der Waals surface area contributed by atoms with Gasteiger partial charge in [-0.25, -0.2) is 13.2 Å². The lowest BCUT2D eigenvalue weighted by Crippen LogP contribution is -2.46. The number of halogens is 3. The monoisotopic (exact) mass is 570 g/mol. The predicted molar refractivity (Wildman–Crippen MR) is 149 cm³/mol. The molecule has 210 valence electrons. The highest BCUT2D eigenvalue weighted by molar-refractivity contribution is 7.21. The molecule has 1 unspecified atom stereocenters. The fourth-order valence-corrected chi connectivity index (χ4v) is 6.10. The molecule has 1 N–H and O–H groups in total. The molecular weight excluding hydrogens is 541 g/mol. The van der Waals surface area contributed by atoms with E-state index in [0.29, 0.717) is 57.1 Å². The first-order valence-electron chi connectivity index (χ1n) is 12.8. The molecule has 1 saturated heterocycles. The molecule has 2 aromatic carbocycles. The van der Waals surface area contributed by atoms with E-state index in [-0.39, 0.29) is 29.5 Å². The molecule has 3 heterocycles. The number of carbonyl (C=O) groups excluding carboxylic acids is 1. The molecule has 10 heteroatoms. The lowest BCUT2D eigenvalue weighted by Gasteiger charge is -2.34. The molecule has 40 heavy (non-hydrogen) atoms. The third kappa shape index (κ3) is 5.38. The van der Waals surface area contributed by atoms with E-state index >= 15 is 0 Å².